The lowest BCUT2D eigenvalue weighted by molar-refractivity contribution is -0.125. The summed E-state index contributed by atoms with van der Waals surface area (Å²) in [6, 6.07) is 0. The summed E-state index contributed by atoms with van der Waals surface area (Å²) >= 11 is 0. The second kappa shape index (κ2) is 6.36. The van der Waals surface area contributed by atoms with E-state index in [0.717, 1.165) is 38.6 Å². The maximum absolute atomic E-state index is 12.4. The molecule has 1 heterocycles. The SMILES string of the molecule is Cl.O=C1C(CN2CCNCC2)CC2CCCCC12. The quantitative estimate of drug-likeness (QED) is 0.831. The maximum atomic E-state index is 12.4. The second-order valence-corrected chi connectivity index (χ2v) is 6.04. The van der Waals surface area contributed by atoms with Crippen molar-refractivity contribution >= 4 is 18.2 Å². The monoisotopic (exact) mass is 272 g/mol. The van der Waals surface area contributed by atoms with Crippen LogP contribution in [0.15, 0.2) is 0 Å². The van der Waals surface area contributed by atoms with Crippen molar-refractivity contribution in [3.63, 3.8) is 0 Å². The van der Waals surface area contributed by atoms with Gasteiger partial charge in [0.25, 0.3) is 0 Å². The Balaban J connectivity index is 0.00000120. The Labute approximate surface area is 116 Å². The predicted molar refractivity (Wildman–Crippen MR) is 75.1 cm³/mol. The van der Waals surface area contributed by atoms with Crippen LogP contribution in [0.3, 0.4) is 0 Å². The van der Waals surface area contributed by atoms with Crippen molar-refractivity contribution in [1.29, 1.82) is 0 Å². The Bertz CT molecular complexity index is 292. The van der Waals surface area contributed by atoms with Crippen molar-refractivity contribution in [2.45, 2.75) is 32.1 Å². The number of carbonyl (C=O) groups is 1. The standard InChI is InChI=1S/C14H24N2O.ClH/c17-14-12(10-16-7-5-15-6-8-16)9-11-3-1-2-4-13(11)14;/h11-13,15H,1-10H2;1H. The van der Waals surface area contributed by atoms with Crippen molar-refractivity contribution in [2.24, 2.45) is 17.8 Å². The van der Waals surface area contributed by atoms with Crippen LogP contribution in [-0.4, -0.2) is 43.4 Å². The molecule has 3 unspecified atom stereocenters. The van der Waals surface area contributed by atoms with Gasteiger partial charge in [0.1, 0.15) is 5.78 Å². The first-order valence-corrected chi connectivity index (χ1v) is 7.31. The topological polar surface area (TPSA) is 32.3 Å². The van der Waals surface area contributed by atoms with E-state index in [2.05, 4.69) is 10.2 Å². The molecular formula is C14H25ClN2O. The molecule has 0 spiro atoms. The van der Waals surface area contributed by atoms with Gasteiger partial charge in [0.2, 0.25) is 0 Å². The average molecular weight is 273 g/mol. The Kier molecular flexibility index (Phi) is 5.05. The molecule has 4 heteroatoms. The van der Waals surface area contributed by atoms with Crippen LogP contribution in [0.5, 0.6) is 0 Å². The lowest BCUT2D eigenvalue weighted by atomic mass is 9.81. The van der Waals surface area contributed by atoms with E-state index in [4.69, 9.17) is 0 Å². The summed E-state index contributed by atoms with van der Waals surface area (Å²) in [4.78, 5) is 14.9. The molecule has 1 N–H and O–H groups in total. The molecule has 3 fully saturated rings. The first-order chi connectivity index (χ1) is 8.34. The lowest BCUT2D eigenvalue weighted by Crippen LogP contribution is -2.45. The molecule has 0 aromatic rings. The highest BCUT2D eigenvalue weighted by molar-refractivity contribution is 5.86. The molecule has 2 saturated carbocycles. The third kappa shape index (κ3) is 2.89. The summed E-state index contributed by atoms with van der Waals surface area (Å²) in [6.45, 7) is 5.47. The summed E-state index contributed by atoms with van der Waals surface area (Å²) in [5, 5.41) is 3.37. The molecule has 0 aromatic carbocycles. The van der Waals surface area contributed by atoms with E-state index in [0.29, 0.717) is 17.6 Å². The summed E-state index contributed by atoms with van der Waals surface area (Å²) in [7, 11) is 0. The predicted octanol–water partition coefficient (Wildman–Crippen LogP) is 1.71. The fraction of sp³-hybridized carbons (Fsp3) is 0.929. The van der Waals surface area contributed by atoms with Crippen LogP contribution in [0.2, 0.25) is 0 Å². The summed E-state index contributed by atoms with van der Waals surface area (Å²) < 4.78 is 0. The molecule has 0 amide bonds. The van der Waals surface area contributed by atoms with Crippen LogP contribution in [0.25, 0.3) is 0 Å². The zero-order valence-corrected chi connectivity index (χ0v) is 11.9. The largest absolute Gasteiger partial charge is 0.314 e. The minimum absolute atomic E-state index is 0. The molecule has 2 aliphatic carbocycles. The first kappa shape index (κ1) is 14.3. The maximum Gasteiger partial charge on any atom is 0.140 e. The minimum Gasteiger partial charge on any atom is -0.314 e. The van der Waals surface area contributed by atoms with Gasteiger partial charge in [-0.2, -0.15) is 0 Å². The van der Waals surface area contributed by atoms with Crippen LogP contribution in [0.4, 0.5) is 0 Å². The molecule has 3 rings (SSSR count). The number of fused-ring (bicyclic) bond motifs is 1. The molecule has 104 valence electrons. The number of carbonyl (C=O) groups excluding carboxylic acids is 1. The van der Waals surface area contributed by atoms with Crippen LogP contribution in [-0.2, 0) is 4.79 Å². The van der Waals surface area contributed by atoms with Gasteiger partial charge in [0, 0.05) is 44.6 Å². The fourth-order valence-electron chi connectivity index (χ4n) is 4.02. The van der Waals surface area contributed by atoms with E-state index in [9.17, 15) is 4.79 Å². The van der Waals surface area contributed by atoms with Gasteiger partial charge in [-0.15, -0.1) is 12.4 Å². The Morgan fingerprint density at radius 2 is 1.89 bits per heavy atom. The van der Waals surface area contributed by atoms with Gasteiger partial charge in [-0.05, 0) is 25.2 Å². The molecule has 0 bridgehead atoms. The van der Waals surface area contributed by atoms with E-state index in [1.54, 1.807) is 0 Å². The minimum atomic E-state index is 0. The number of halogens is 1. The van der Waals surface area contributed by atoms with E-state index < -0.39 is 0 Å². The number of Topliss-reactive ketones (excluding diaryl/α,β-unsaturated/α-hetero) is 1. The summed E-state index contributed by atoms with van der Waals surface area (Å²) in [5.74, 6) is 2.15. The highest BCUT2D eigenvalue weighted by Crippen LogP contribution is 2.42. The fourth-order valence-corrected chi connectivity index (χ4v) is 4.02. The Hall–Kier alpha value is -0.120. The summed E-state index contributed by atoms with van der Waals surface area (Å²) in [6.07, 6.45) is 6.32. The van der Waals surface area contributed by atoms with E-state index in [1.807, 2.05) is 0 Å². The van der Waals surface area contributed by atoms with Crippen molar-refractivity contribution < 1.29 is 4.79 Å². The Morgan fingerprint density at radius 3 is 2.61 bits per heavy atom. The van der Waals surface area contributed by atoms with Crippen LogP contribution in [0.1, 0.15) is 32.1 Å². The molecular weight excluding hydrogens is 248 g/mol. The van der Waals surface area contributed by atoms with Crippen LogP contribution in [0, 0.1) is 17.8 Å². The van der Waals surface area contributed by atoms with Crippen molar-refractivity contribution in [3.8, 4) is 0 Å². The van der Waals surface area contributed by atoms with Crippen LogP contribution >= 0.6 is 12.4 Å². The molecule has 1 saturated heterocycles. The number of hydrogen-bond donors (Lipinski definition) is 1. The number of ketones is 1. The average Bonchev–Trinajstić information content (AvgIpc) is 2.68. The third-order valence-corrected chi connectivity index (χ3v) is 4.95. The zero-order valence-electron chi connectivity index (χ0n) is 11.1. The van der Waals surface area contributed by atoms with Gasteiger partial charge in [0.05, 0.1) is 0 Å². The van der Waals surface area contributed by atoms with Gasteiger partial charge in [0.15, 0.2) is 0 Å². The molecule has 18 heavy (non-hydrogen) atoms. The molecule has 3 nitrogen and oxygen atoms in total. The molecule has 0 radical (unpaired) electrons. The highest BCUT2D eigenvalue weighted by atomic mass is 35.5. The zero-order chi connectivity index (χ0) is 11.7. The number of rotatable bonds is 2. The number of piperazine rings is 1. The first-order valence-electron chi connectivity index (χ1n) is 7.31. The second-order valence-electron chi connectivity index (χ2n) is 6.04. The molecule has 1 aliphatic heterocycles. The highest BCUT2D eigenvalue weighted by Gasteiger charge is 2.43. The van der Waals surface area contributed by atoms with Gasteiger partial charge in [-0.25, -0.2) is 0 Å². The lowest BCUT2D eigenvalue weighted by Gasteiger charge is -2.29. The van der Waals surface area contributed by atoms with Crippen molar-refractivity contribution in [2.75, 3.05) is 32.7 Å². The number of nitrogens with one attached hydrogen (secondary N) is 1. The van der Waals surface area contributed by atoms with E-state index in [1.165, 1.54) is 32.1 Å². The molecule has 3 atom stereocenters. The van der Waals surface area contributed by atoms with Crippen molar-refractivity contribution in [3.05, 3.63) is 0 Å². The number of hydrogen-bond acceptors (Lipinski definition) is 3. The molecule has 3 aliphatic rings. The smallest absolute Gasteiger partial charge is 0.140 e. The van der Waals surface area contributed by atoms with Gasteiger partial charge in [-0.3, -0.25) is 4.79 Å². The molecule has 0 aromatic heterocycles. The van der Waals surface area contributed by atoms with Crippen molar-refractivity contribution in [1.82, 2.24) is 10.2 Å². The van der Waals surface area contributed by atoms with Gasteiger partial charge < -0.3 is 10.2 Å². The number of nitrogens with zero attached hydrogens (tertiary/aromatic N) is 1. The van der Waals surface area contributed by atoms with Gasteiger partial charge in [-0.1, -0.05) is 12.8 Å². The third-order valence-electron chi connectivity index (χ3n) is 4.95. The van der Waals surface area contributed by atoms with Gasteiger partial charge >= 0.3 is 0 Å². The van der Waals surface area contributed by atoms with E-state index in [-0.39, 0.29) is 12.4 Å². The normalized spacial score (nSPS) is 37.1. The van der Waals surface area contributed by atoms with Crippen LogP contribution < -0.4 is 5.32 Å². The van der Waals surface area contributed by atoms with E-state index >= 15 is 0 Å². The Morgan fingerprint density at radius 1 is 1.17 bits per heavy atom. The summed E-state index contributed by atoms with van der Waals surface area (Å²) in [5.41, 5.74) is 0.